The van der Waals surface area contributed by atoms with Crippen molar-refractivity contribution in [1.29, 1.82) is 0 Å². The van der Waals surface area contributed by atoms with Gasteiger partial charge in [0.05, 0.1) is 0 Å². The Hall–Kier alpha value is -1.02. The van der Waals surface area contributed by atoms with Crippen molar-refractivity contribution in [2.75, 3.05) is 18.5 Å². The van der Waals surface area contributed by atoms with Crippen LogP contribution in [0.25, 0.3) is 0 Å². The lowest BCUT2D eigenvalue weighted by atomic mass is 9.84. The fourth-order valence-electron chi connectivity index (χ4n) is 3.55. The lowest BCUT2D eigenvalue weighted by molar-refractivity contribution is 0.313. The summed E-state index contributed by atoms with van der Waals surface area (Å²) < 4.78 is 0. The molecule has 1 aliphatic carbocycles. The molecule has 1 aromatic carbocycles. The Labute approximate surface area is 124 Å². The van der Waals surface area contributed by atoms with Gasteiger partial charge in [0, 0.05) is 18.8 Å². The second kappa shape index (κ2) is 7.12. The van der Waals surface area contributed by atoms with Gasteiger partial charge in [0.1, 0.15) is 0 Å². The van der Waals surface area contributed by atoms with Gasteiger partial charge in [-0.05, 0) is 63.1 Å². The molecule has 1 aliphatic rings. The third-order valence-electron chi connectivity index (χ3n) is 4.97. The monoisotopic (exact) mass is 274 g/mol. The highest BCUT2D eigenvalue weighted by molar-refractivity contribution is 5.55. The predicted octanol–water partition coefficient (Wildman–Crippen LogP) is 3.90. The molecule has 0 unspecified atom stereocenters. The molecule has 1 saturated carbocycles. The van der Waals surface area contributed by atoms with E-state index in [4.69, 9.17) is 5.73 Å². The van der Waals surface area contributed by atoms with Crippen LogP contribution in [-0.4, -0.2) is 19.6 Å². The zero-order valence-corrected chi connectivity index (χ0v) is 13.4. The molecule has 2 rings (SSSR count). The van der Waals surface area contributed by atoms with Crippen LogP contribution in [0.2, 0.25) is 0 Å². The Morgan fingerprint density at radius 2 is 1.90 bits per heavy atom. The maximum absolute atomic E-state index is 5.78. The van der Waals surface area contributed by atoms with Crippen molar-refractivity contribution in [3.05, 3.63) is 29.3 Å². The molecule has 112 valence electrons. The van der Waals surface area contributed by atoms with Crippen molar-refractivity contribution in [2.45, 2.75) is 58.4 Å². The van der Waals surface area contributed by atoms with Crippen molar-refractivity contribution in [3.63, 3.8) is 0 Å². The van der Waals surface area contributed by atoms with Gasteiger partial charge in [-0.15, -0.1) is 0 Å². The number of nitrogens with zero attached hydrogens (tertiary/aromatic N) is 1. The van der Waals surface area contributed by atoms with E-state index in [0.717, 1.165) is 18.9 Å². The van der Waals surface area contributed by atoms with Gasteiger partial charge in [-0.25, -0.2) is 0 Å². The highest BCUT2D eigenvalue weighted by Gasteiger charge is 2.24. The molecule has 1 fully saturated rings. The minimum absolute atomic E-state index is 0.706. The average Bonchev–Trinajstić information content (AvgIpc) is 2.47. The molecule has 0 aliphatic heterocycles. The van der Waals surface area contributed by atoms with Crippen LogP contribution in [-0.2, 0) is 6.42 Å². The molecule has 0 aromatic heterocycles. The molecule has 2 heteroatoms. The predicted molar refractivity (Wildman–Crippen MR) is 88.4 cm³/mol. The minimum Gasteiger partial charge on any atom is -0.371 e. The number of aryl methyl sites for hydroxylation is 1. The van der Waals surface area contributed by atoms with Gasteiger partial charge < -0.3 is 10.6 Å². The second-order valence-corrected chi connectivity index (χ2v) is 6.36. The third-order valence-corrected chi connectivity index (χ3v) is 4.97. The molecular weight excluding hydrogens is 244 g/mol. The third kappa shape index (κ3) is 3.54. The number of anilines is 1. The van der Waals surface area contributed by atoms with E-state index >= 15 is 0 Å². The lowest BCUT2D eigenvalue weighted by Crippen LogP contribution is -2.35. The summed E-state index contributed by atoms with van der Waals surface area (Å²) in [6, 6.07) is 7.52. The van der Waals surface area contributed by atoms with Crippen molar-refractivity contribution < 1.29 is 0 Å². The number of nitrogens with two attached hydrogens (primary N) is 1. The first-order valence-electron chi connectivity index (χ1n) is 8.18. The van der Waals surface area contributed by atoms with Crippen LogP contribution in [0.15, 0.2) is 18.2 Å². The Kier molecular flexibility index (Phi) is 5.47. The molecule has 0 atom stereocenters. The van der Waals surface area contributed by atoms with Crippen molar-refractivity contribution in [2.24, 2.45) is 11.7 Å². The van der Waals surface area contributed by atoms with Crippen LogP contribution in [0.1, 0.15) is 50.2 Å². The van der Waals surface area contributed by atoms with Crippen molar-refractivity contribution in [3.8, 4) is 0 Å². The van der Waals surface area contributed by atoms with E-state index in [1.54, 1.807) is 0 Å². The van der Waals surface area contributed by atoms with E-state index in [1.807, 2.05) is 0 Å². The zero-order chi connectivity index (χ0) is 14.5. The first-order valence-corrected chi connectivity index (χ1v) is 8.18. The van der Waals surface area contributed by atoms with Crippen LogP contribution in [0.4, 0.5) is 5.69 Å². The topological polar surface area (TPSA) is 29.3 Å². The molecule has 0 radical (unpaired) electrons. The van der Waals surface area contributed by atoms with Crippen molar-refractivity contribution >= 4 is 5.69 Å². The highest BCUT2D eigenvalue weighted by Crippen LogP contribution is 2.32. The fourth-order valence-corrected chi connectivity index (χ4v) is 3.55. The largest absolute Gasteiger partial charge is 0.371 e. The summed E-state index contributed by atoms with van der Waals surface area (Å²) in [6.45, 7) is 5.22. The van der Waals surface area contributed by atoms with E-state index in [2.05, 4.69) is 44.0 Å². The normalized spacial score (nSPS) is 22.8. The fraction of sp³-hybridized carbons (Fsp3) is 0.667. The lowest BCUT2D eigenvalue weighted by Gasteiger charge is -2.37. The molecular formula is C18H30N2. The Balaban J connectivity index is 2.10. The van der Waals surface area contributed by atoms with Gasteiger partial charge >= 0.3 is 0 Å². The van der Waals surface area contributed by atoms with E-state index in [0.29, 0.717) is 6.04 Å². The van der Waals surface area contributed by atoms with E-state index < -0.39 is 0 Å². The summed E-state index contributed by atoms with van der Waals surface area (Å²) in [5.41, 5.74) is 9.91. The summed E-state index contributed by atoms with van der Waals surface area (Å²) in [5.74, 6) is 0.959. The second-order valence-electron chi connectivity index (χ2n) is 6.36. The van der Waals surface area contributed by atoms with Gasteiger partial charge in [-0.2, -0.15) is 0 Å². The highest BCUT2D eigenvalue weighted by atomic mass is 15.1. The van der Waals surface area contributed by atoms with Crippen LogP contribution in [0, 0.1) is 12.8 Å². The zero-order valence-electron chi connectivity index (χ0n) is 13.4. The standard InChI is InChI=1S/C18H30N2/c1-4-15-6-8-17(9-7-15)20(3)18-10-5-14(2)13-16(18)11-12-19/h5,10,13,15,17H,4,6-9,11-12,19H2,1-3H3. The van der Waals surface area contributed by atoms with Gasteiger partial charge in [-0.3, -0.25) is 0 Å². The first-order chi connectivity index (χ1) is 9.65. The molecule has 0 heterocycles. The van der Waals surface area contributed by atoms with Gasteiger partial charge in [-0.1, -0.05) is 31.0 Å². The summed E-state index contributed by atoms with van der Waals surface area (Å²) in [6.07, 6.45) is 7.79. The molecule has 2 N–H and O–H groups in total. The van der Waals surface area contributed by atoms with Crippen LogP contribution >= 0.6 is 0 Å². The first kappa shape index (κ1) is 15.4. The molecule has 1 aromatic rings. The van der Waals surface area contributed by atoms with E-state index in [9.17, 15) is 0 Å². The number of hydrogen-bond acceptors (Lipinski definition) is 2. The maximum Gasteiger partial charge on any atom is 0.0399 e. The van der Waals surface area contributed by atoms with E-state index in [1.165, 1.54) is 48.9 Å². The quantitative estimate of drug-likeness (QED) is 0.882. The maximum atomic E-state index is 5.78. The Bertz CT molecular complexity index is 419. The van der Waals surface area contributed by atoms with Gasteiger partial charge in [0.25, 0.3) is 0 Å². The molecule has 0 saturated heterocycles. The Morgan fingerprint density at radius 1 is 1.20 bits per heavy atom. The number of benzene rings is 1. The number of hydrogen-bond donors (Lipinski definition) is 1. The SMILES string of the molecule is CCC1CCC(N(C)c2ccc(C)cc2CCN)CC1. The van der Waals surface area contributed by atoms with Crippen LogP contribution < -0.4 is 10.6 Å². The average molecular weight is 274 g/mol. The molecule has 0 spiro atoms. The summed E-state index contributed by atoms with van der Waals surface area (Å²) in [7, 11) is 2.27. The molecule has 0 amide bonds. The molecule has 2 nitrogen and oxygen atoms in total. The summed E-state index contributed by atoms with van der Waals surface area (Å²) in [5, 5.41) is 0. The van der Waals surface area contributed by atoms with Gasteiger partial charge in [0.15, 0.2) is 0 Å². The van der Waals surface area contributed by atoms with Crippen LogP contribution in [0.3, 0.4) is 0 Å². The summed E-state index contributed by atoms with van der Waals surface area (Å²) >= 11 is 0. The minimum atomic E-state index is 0.706. The van der Waals surface area contributed by atoms with Crippen molar-refractivity contribution in [1.82, 2.24) is 0 Å². The van der Waals surface area contributed by atoms with Gasteiger partial charge in [0.2, 0.25) is 0 Å². The van der Waals surface area contributed by atoms with E-state index in [-0.39, 0.29) is 0 Å². The molecule has 0 bridgehead atoms. The molecule has 20 heavy (non-hydrogen) atoms. The smallest absolute Gasteiger partial charge is 0.0399 e. The Morgan fingerprint density at radius 3 is 2.50 bits per heavy atom. The number of rotatable bonds is 5. The summed E-state index contributed by atoms with van der Waals surface area (Å²) in [4.78, 5) is 2.51. The van der Waals surface area contributed by atoms with Crippen LogP contribution in [0.5, 0.6) is 0 Å².